The van der Waals surface area contributed by atoms with E-state index in [1.165, 1.54) is 54.9 Å². The lowest BCUT2D eigenvalue weighted by Gasteiger charge is -2.29. The molecular weight excluding hydrogens is 949 g/mol. The van der Waals surface area contributed by atoms with Crippen molar-refractivity contribution in [1.29, 1.82) is 0 Å². The van der Waals surface area contributed by atoms with Crippen molar-refractivity contribution >= 4 is 110 Å². The Hall–Kier alpha value is -9.12. The number of rotatable bonds is 12. The van der Waals surface area contributed by atoms with Gasteiger partial charge in [0.25, 0.3) is 0 Å². The molecule has 378 valence electrons. The zero-order valence-corrected chi connectivity index (χ0v) is 45.1. The molecule has 0 saturated carbocycles. The van der Waals surface area contributed by atoms with E-state index < -0.39 is 0 Å². The second-order valence-corrected chi connectivity index (χ2v) is 21.7. The second-order valence-electron chi connectivity index (χ2n) is 21.7. The maximum Gasteiger partial charge on any atom is 0.159 e. The van der Waals surface area contributed by atoms with Crippen molar-refractivity contribution in [1.82, 2.24) is 0 Å². The zero-order valence-electron chi connectivity index (χ0n) is 45.1. The van der Waals surface area contributed by atoms with Gasteiger partial charge in [-0.25, -0.2) is 0 Å². The summed E-state index contributed by atoms with van der Waals surface area (Å²) in [5, 5.41) is 11.5. The molecule has 2 aromatic heterocycles. The van der Waals surface area contributed by atoms with Gasteiger partial charge in [0.15, 0.2) is 11.2 Å². The van der Waals surface area contributed by atoms with Gasteiger partial charge in [-0.3, -0.25) is 0 Å². The van der Waals surface area contributed by atoms with Gasteiger partial charge in [-0.15, -0.1) is 0 Å². The fourth-order valence-electron chi connectivity index (χ4n) is 12.6. The smallest absolute Gasteiger partial charge is 0.159 e. The minimum atomic E-state index is 0.395. The summed E-state index contributed by atoms with van der Waals surface area (Å²) in [5.74, 6) is 0.790. The highest BCUT2D eigenvalue weighted by Crippen LogP contribution is 2.51. The van der Waals surface area contributed by atoms with Crippen LogP contribution in [-0.2, 0) is 12.8 Å². The van der Waals surface area contributed by atoms with Gasteiger partial charge in [0.1, 0.15) is 11.2 Å². The molecule has 0 saturated heterocycles. The average Bonchev–Trinajstić information content (AvgIpc) is 4.11. The minimum Gasteiger partial charge on any atom is -0.453 e. The van der Waals surface area contributed by atoms with Crippen LogP contribution in [0, 0.1) is 0 Å². The molecule has 0 aliphatic carbocycles. The Morgan fingerprint density at radius 3 is 1.06 bits per heavy atom. The van der Waals surface area contributed by atoms with E-state index in [0.717, 1.165) is 113 Å². The number of hydrogen-bond donors (Lipinski definition) is 0. The number of fused-ring (bicyclic) bond motifs is 6. The molecule has 4 nitrogen and oxygen atoms in total. The Labute approximate surface area is 455 Å². The molecule has 0 unspecified atom stereocenters. The number of benzene rings is 12. The van der Waals surface area contributed by atoms with E-state index in [-0.39, 0.29) is 0 Å². The lowest BCUT2D eigenvalue weighted by molar-refractivity contribution is 0.669. The van der Waals surface area contributed by atoms with Crippen LogP contribution in [0.25, 0.3) is 98.4 Å². The molecule has 0 atom stereocenters. The van der Waals surface area contributed by atoms with Crippen LogP contribution in [0.3, 0.4) is 0 Å². The molecule has 0 spiro atoms. The predicted molar refractivity (Wildman–Crippen MR) is 332 cm³/mol. The number of para-hydroxylation sites is 4. The first-order chi connectivity index (χ1) is 38.3. The van der Waals surface area contributed by atoms with Crippen molar-refractivity contribution in [3.63, 3.8) is 0 Å². The first-order valence-electron chi connectivity index (χ1n) is 27.8. The first kappa shape index (κ1) is 47.3. The molecule has 0 aliphatic rings. The van der Waals surface area contributed by atoms with Crippen LogP contribution in [0.1, 0.15) is 75.6 Å². The molecule has 0 N–H and O–H groups in total. The number of nitrogens with zero attached hydrogens (tertiary/aromatic N) is 2. The summed E-state index contributed by atoms with van der Waals surface area (Å²) < 4.78 is 14.5. The van der Waals surface area contributed by atoms with Gasteiger partial charge in [-0.1, -0.05) is 211 Å². The van der Waals surface area contributed by atoms with Gasteiger partial charge in [-0.2, -0.15) is 0 Å². The van der Waals surface area contributed by atoms with Crippen LogP contribution in [-0.4, -0.2) is 0 Å². The Balaban J connectivity index is 1.00. The van der Waals surface area contributed by atoms with Gasteiger partial charge in [-0.05, 0) is 128 Å². The van der Waals surface area contributed by atoms with Crippen LogP contribution in [0.15, 0.2) is 227 Å². The zero-order chi connectivity index (χ0) is 52.8. The highest BCUT2D eigenvalue weighted by molar-refractivity contribution is 6.29. The van der Waals surface area contributed by atoms with Crippen molar-refractivity contribution in [2.45, 2.75) is 66.2 Å². The van der Waals surface area contributed by atoms with E-state index in [4.69, 9.17) is 8.83 Å². The summed E-state index contributed by atoms with van der Waals surface area (Å²) in [4.78, 5) is 4.86. The van der Waals surface area contributed by atoms with Crippen molar-refractivity contribution in [3.8, 4) is 22.3 Å². The van der Waals surface area contributed by atoms with Crippen molar-refractivity contribution < 1.29 is 8.83 Å². The van der Waals surface area contributed by atoms with Crippen LogP contribution in [0.5, 0.6) is 0 Å². The van der Waals surface area contributed by atoms with Gasteiger partial charge in [0.05, 0.1) is 22.7 Å². The molecule has 0 radical (unpaired) electrons. The average molecular weight is 1010 g/mol. The molecule has 78 heavy (non-hydrogen) atoms. The summed E-state index contributed by atoms with van der Waals surface area (Å²) in [6.07, 6.45) is 1.87. The van der Waals surface area contributed by atoms with Crippen molar-refractivity contribution in [2.75, 3.05) is 9.80 Å². The summed E-state index contributed by atoms with van der Waals surface area (Å²) in [6.45, 7) is 13.5. The quantitative estimate of drug-likeness (QED) is 0.114. The Bertz CT molecular complexity index is 4300. The molecular formula is C74H60N2O2. The molecule has 14 rings (SSSR count). The monoisotopic (exact) mass is 1010 g/mol. The van der Waals surface area contributed by atoms with E-state index in [0.29, 0.717) is 11.8 Å². The predicted octanol–water partition coefficient (Wildman–Crippen LogP) is 22.0. The Kier molecular flexibility index (Phi) is 11.4. The van der Waals surface area contributed by atoms with Gasteiger partial charge >= 0.3 is 0 Å². The molecule has 4 heteroatoms. The third kappa shape index (κ3) is 7.49. The van der Waals surface area contributed by atoms with E-state index in [9.17, 15) is 0 Å². The highest BCUT2D eigenvalue weighted by Gasteiger charge is 2.27. The van der Waals surface area contributed by atoms with Crippen LogP contribution in [0.2, 0.25) is 0 Å². The topological polar surface area (TPSA) is 32.8 Å². The van der Waals surface area contributed by atoms with Crippen molar-refractivity contribution in [2.24, 2.45) is 0 Å². The van der Waals surface area contributed by atoms with Crippen LogP contribution in [0.4, 0.5) is 34.1 Å². The lowest BCUT2D eigenvalue weighted by Crippen LogP contribution is -2.12. The molecule has 12 aromatic carbocycles. The molecule has 14 aromatic rings. The molecule has 0 fully saturated rings. The third-order valence-electron chi connectivity index (χ3n) is 16.6. The maximum atomic E-state index is 7.26. The van der Waals surface area contributed by atoms with E-state index in [2.05, 4.69) is 270 Å². The number of hydrogen-bond acceptors (Lipinski definition) is 4. The fourth-order valence-corrected chi connectivity index (χ4v) is 12.6. The number of furan rings is 2. The summed E-state index contributed by atoms with van der Waals surface area (Å²) in [5.41, 5.74) is 19.6. The van der Waals surface area contributed by atoms with Crippen LogP contribution >= 0.6 is 0 Å². The van der Waals surface area contributed by atoms with Crippen LogP contribution < -0.4 is 9.80 Å². The molecule has 2 heterocycles. The SMILES string of the molecule is CCc1ccccc1-c1cccc2c1oc1c(N(c3ccc(C(C)C)cc3)c3ccc4ccc5c(N(c6ccc(C(C)C)cc6)c6cccc7c6oc6c(-c8ccccc8CC)cccc67)ccc6ccc3c4c65)cccc12. The Morgan fingerprint density at radius 1 is 0.308 bits per heavy atom. The standard InChI is InChI=1S/C74H60N2O2/c1-7-47-17-9-11-19-55(47)57-21-13-23-59-61-25-15-27-67(73(61)77-71(57)59)75(53-37-29-49(30-38-53)45(3)4)65-43-35-51-34-42-64-66(44-36-52-33-41-63(65)69(51)70(52)64)76(54-39-31-50(32-40-54)46(5)6)68-28-16-26-62-60-24-14-22-58(72(60)78-74(62)68)56-20-12-10-18-48(56)8-2/h9-46H,7-8H2,1-6H3. The minimum absolute atomic E-state index is 0.395. The Morgan fingerprint density at radius 2 is 0.667 bits per heavy atom. The summed E-state index contributed by atoms with van der Waals surface area (Å²) in [6, 6.07) is 80.6. The van der Waals surface area contributed by atoms with Crippen molar-refractivity contribution in [3.05, 3.63) is 241 Å². The summed E-state index contributed by atoms with van der Waals surface area (Å²) in [7, 11) is 0. The fraction of sp³-hybridized carbons (Fsp3) is 0.135. The molecule has 0 aliphatic heterocycles. The number of aryl methyl sites for hydroxylation is 2. The molecule has 0 amide bonds. The van der Waals surface area contributed by atoms with Gasteiger partial charge < -0.3 is 18.6 Å². The lowest BCUT2D eigenvalue weighted by atomic mass is 9.91. The maximum absolute atomic E-state index is 7.26. The summed E-state index contributed by atoms with van der Waals surface area (Å²) >= 11 is 0. The van der Waals surface area contributed by atoms with E-state index >= 15 is 0 Å². The normalized spacial score (nSPS) is 12.1. The van der Waals surface area contributed by atoms with E-state index in [1.807, 2.05) is 0 Å². The second kappa shape index (κ2) is 18.9. The first-order valence-corrected chi connectivity index (χ1v) is 27.8. The largest absolute Gasteiger partial charge is 0.453 e. The third-order valence-corrected chi connectivity index (χ3v) is 16.6. The highest BCUT2D eigenvalue weighted by atomic mass is 16.3. The van der Waals surface area contributed by atoms with Gasteiger partial charge in [0, 0.05) is 54.8 Å². The van der Waals surface area contributed by atoms with Gasteiger partial charge in [0.2, 0.25) is 0 Å². The number of anilines is 6. The molecule has 0 bridgehead atoms. The van der Waals surface area contributed by atoms with E-state index in [1.54, 1.807) is 0 Å².